The van der Waals surface area contributed by atoms with Crippen LogP contribution in [0.5, 0.6) is 11.6 Å². The van der Waals surface area contributed by atoms with Crippen LogP contribution in [-0.2, 0) is 19.4 Å². The molecule has 10 nitrogen and oxygen atoms in total. The first-order valence-corrected chi connectivity index (χ1v) is 11.7. The van der Waals surface area contributed by atoms with Gasteiger partial charge >= 0.3 is 0 Å². The number of ether oxygens (including phenoxy) is 2. The van der Waals surface area contributed by atoms with Crippen molar-refractivity contribution in [3.63, 3.8) is 0 Å². The molecule has 5 heterocycles. The summed E-state index contributed by atoms with van der Waals surface area (Å²) >= 11 is 0. The van der Waals surface area contributed by atoms with Gasteiger partial charge < -0.3 is 20.1 Å². The lowest BCUT2D eigenvalue weighted by Gasteiger charge is -2.25. The maximum atomic E-state index is 12.7. The number of nitrogens with zero attached hydrogens (tertiary/aromatic N) is 5. The number of hydrogen-bond donors (Lipinski definition) is 2. The van der Waals surface area contributed by atoms with Crippen LogP contribution in [0.4, 0.5) is 5.82 Å². The number of aryl methyl sites for hydroxylation is 1. The Morgan fingerprint density at radius 3 is 3.06 bits per heavy atom. The van der Waals surface area contributed by atoms with Crippen LogP contribution in [0, 0.1) is 0 Å². The van der Waals surface area contributed by atoms with Gasteiger partial charge in [-0.05, 0) is 42.7 Å². The lowest BCUT2D eigenvalue weighted by Crippen LogP contribution is -2.35. The van der Waals surface area contributed by atoms with Crippen molar-refractivity contribution in [3.05, 3.63) is 70.0 Å². The number of methoxy groups -OCH3 is 1. The number of anilines is 1. The quantitative estimate of drug-likeness (QED) is 0.451. The average Bonchev–Trinajstić information content (AvgIpc) is 2.91. The van der Waals surface area contributed by atoms with Crippen LogP contribution in [0.15, 0.2) is 47.5 Å². The summed E-state index contributed by atoms with van der Waals surface area (Å²) in [6, 6.07) is 9.83. The summed E-state index contributed by atoms with van der Waals surface area (Å²) in [6.45, 7) is 2.12. The molecule has 1 aliphatic carbocycles. The van der Waals surface area contributed by atoms with E-state index in [1.165, 1.54) is 6.20 Å². The van der Waals surface area contributed by atoms with Crippen molar-refractivity contribution < 1.29 is 9.47 Å². The van der Waals surface area contributed by atoms with Gasteiger partial charge in [0.2, 0.25) is 5.88 Å². The van der Waals surface area contributed by atoms with Crippen LogP contribution < -0.4 is 25.7 Å². The van der Waals surface area contributed by atoms with Gasteiger partial charge in [-0.15, -0.1) is 0 Å². The van der Waals surface area contributed by atoms with E-state index in [1.54, 1.807) is 30.0 Å². The molecule has 0 aromatic carbocycles. The zero-order valence-corrected chi connectivity index (χ0v) is 19.3. The topological polar surface area (TPSA) is 116 Å². The summed E-state index contributed by atoms with van der Waals surface area (Å²) in [5.74, 6) is 2.04. The molecule has 0 spiro atoms. The van der Waals surface area contributed by atoms with Gasteiger partial charge in [0.1, 0.15) is 12.1 Å². The second-order valence-corrected chi connectivity index (χ2v) is 8.67. The van der Waals surface area contributed by atoms with Crippen LogP contribution >= 0.6 is 0 Å². The fourth-order valence-corrected chi connectivity index (χ4v) is 4.63. The highest BCUT2D eigenvalue weighted by Crippen LogP contribution is 2.26. The maximum absolute atomic E-state index is 12.7. The molecule has 2 aliphatic rings. The van der Waals surface area contributed by atoms with Crippen LogP contribution in [-0.4, -0.2) is 50.8 Å². The Hall–Kier alpha value is -4.05. The first kappa shape index (κ1) is 21.5. The van der Waals surface area contributed by atoms with Gasteiger partial charge in [0, 0.05) is 30.8 Å². The standard InChI is InChI=1S/C25H25N7O3/c1-34-22-7-5-19-25(31-22)32(23(33)14-29-19)18-10-15-2-3-16(11-20(15)28-13-18)27-12-17-4-6-21-24(30-17)26-8-9-35-21/h4-7,10,13-14,16,27H,2-3,8-9,11-12H2,1H3,(H,26,30). The Bertz CT molecular complexity index is 1470. The maximum Gasteiger partial charge on any atom is 0.275 e. The van der Waals surface area contributed by atoms with E-state index in [9.17, 15) is 4.79 Å². The predicted octanol–water partition coefficient (Wildman–Crippen LogP) is 2.03. The molecule has 0 radical (unpaired) electrons. The molecule has 2 N–H and O–H groups in total. The zero-order chi connectivity index (χ0) is 23.8. The van der Waals surface area contributed by atoms with Crippen LogP contribution in [0.25, 0.3) is 16.9 Å². The largest absolute Gasteiger partial charge is 0.488 e. The van der Waals surface area contributed by atoms with Gasteiger partial charge in [-0.2, -0.15) is 4.98 Å². The first-order chi connectivity index (χ1) is 17.2. The minimum atomic E-state index is -0.257. The Labute approximate surface area is 201 Å². The number of pyridine rings is 3. The minimum Gasteiger partial charge on any atom is -0.488 e. The van der Waals surface area contributed by atoms with Gasteiger partial charge in [-0.3, -0.25) is 14.3 Å². The summed E-state index contributed by atoms with van der Waals surface area (Å²) in [6.07, 6.45) is 5.71. The van der Waals surface area contributed by atoms with E-state index in [1.807, 2.05) is 18.2 Å². The van der Waals surface area contributed by atoms with E-state index in [0.29, 0.717) is 41.9 Å². The minimum absolute atomic E-state index is 0.257. The Morgan fingerprint density at radius 1 is 1.20 bits per heavy atom. The highest BCUT2D eigenvalue weighted by atomic mass is 16.5. The third kappa shape index (κ3) is 4.17. The van der Waals surface area contributed by atoms with Gasteiger partial charge in [-0.25, -0.2) is 9.97 Å². The van der Waals surface area contributed by atoms with Crippen molar-refractivity contribution in [1.82, 2.24) is 29.8 Å². The molecule has 1 aliphatic heterocycles. The third-order valence-corrected chi connectivity index (χ3v) is 6.43. The van der Waals surface area contributed by atoms with Gasteiger partial charge in [0.15, 0.2) is 17.2 Å². The van der Waals surface area contributed by atoms with E-state index >= 15 is 0 Å². The summed E-state index contributed by atoms with van der Waals surface area (Å²) in [4.78, 5) is 30.8. The Morgan fingerprint density at radius 2 is 2.14 bits per heavy atom. The molecule has 0 amide bonds. The lowest BCUT2D eigenvalue weighted by molar-refractivity contribution is 0.321. The molecular weight excluding hydrogens is 446 g/mol. The van der Waals surface area contributed by atoms with Gasteiger partial charge in [0.25, 0.3) is 5.56 Å². The van der Waals surface area contributed by atoms with E-state index in [2.05, 4.69) is 25.6 Å². The molecule has 0 bridgehead atoms. The molecule has 6 rings (SSSR count). The normalized spacial score (nSPS) is 16.7. The van der Waals surface area contributed by atoms with Crippen LogP contribution in [0.1, 0.15) is 23.4 Å². The molecular formula is C25H25N7O3. The number of rotatable bonds is 5. The summed E-state index contributed by atoms with van der Waals surface area (Å²) in [5.41, 5.74) is 4.66. The van der Waals surface area contributed by atoms with Gasteiger partial charge in [0.05, 0.1) is 37.4 Å². The fraction of sp³-hybridized carbons (Fsp3) is 0.320. The second kappa shape index (κ2) is 8.95. The van der Waals surface area contributed by atoms with E-state index in [4.69, 9.17) is 14.5 Å². The average molecular weight is 472 g/mol. The molecule has 1 unspecified atom stereocenters. The summed E-state index contributed by atoms with van der Waals surface area (Å²) in [5, 5.41) is 6.90. The predicted molar refractivity (Wildman–Crippen MR) is 130 cm³/mol. The molecule has 0 saturated heterocycles. The number of fused-ring (bicyclic) bond motifs is 3. The van der Waals surface area contributed by atoms with E-state index < -0.39 is 0 Å². The third-order valence-electron chi connectivity index (χ3n) is 6.43. The highest BCUT2D eigenvalue weighted by molar-refractivity contribution is 5.72. The molecule has 10 heteroatoms. The molecule has 1 atom stereocenters. The molecule has 178 valence electrons. The monoisotopic (exact) mass is 471 g/mol. The SMILES string of the molecule is COc1ccc2ncc(=O)n(-c3cnc4c(c3)CCC(NCc3ccc5c(n3)NCCO5)C4)c2n1. The molecule has 35 heavy (non-hydrogen) atoms. The van der Waals surface area contributed by atoms with Crippen molar-refractivity contribution in [2.75, 3.05) is 25.6 Å². The molecule has 4 aromatic heterocycles. The van der Waals surface area contributed by atoms with Crippen molar-refractivity contribution in [1.29, 1.82) is 0 Å². The smallest absolute Gasteiger partial charge is 0.275 e. The molecule has 0 saturated carbocycles. The van der Waals surface area contributed by atoms with Crippen LogP contribution in [0.3, 0.4) is 0 Å². The Kier molecular flexibility index (Phi) is 5.49. The van der Waals surface area contributed by atoms with Crippen molar-refractivity contribution >= 4 is 17.0 Å². The van der Waals surface area contributed by atoms with E-state index in [0.717, 1.165) is 54.3 Å². The summed E-state index contributed by atoms with van der Waals surface area (Å²) in [7, 11) is 1.55. The van der Waals surface area contributed by atoms with Crippen molar-refractivity contribution in [2.45, 2.75) is 31.8 Å². The molecule has 4 aromatic rings. The summed E-state index contributed by atoms with van der Waals surface area (Å²) < 4.78 is 12.4. The second-order valence-electron chi connectivity index (χ2n) is 8.67. The van der Waals surface area contributed by atoms with Crippen molar-refractivity contribution in [2.24, 2.45) is 0 Å². The molecule has 0 fully saturated rings. The van der Waals surface area contributed by atoms with Crippen molar-refractivity contribution in [3.8, 4) is 17.3 Å². The number of hydrogen-bond acceptors (Lipinski definition) is 9. The zero-order valence-electron chi connectivity index (χ0n) is 19.3. The van der Waals surface area contributed by atoms with E-state index in [-0.39, 0.29) is 5.56 Å². The van der Waals surface area contributed by atoms with Crippen LogP contribution in [0.2, 0.25) is 0 Å². The Balaban J connectivity index is 1.21. The number of nitrogens with one attached hydrogen (secondary N) is 2. The highest BCUT2D eigenvalue weighted by Gasteiger charge is 2.21. The van der Waals surface area contributed by atoms with Gasteiger partial charge in [-0.1, -0.05) is 0 Å². The fourth-order valence-electron chi connectivity index (χ4n) is 4.63. The number of aromatic nitrogens is 5. The first-order valence-electron chi connectivity index (χ1n) is 11.7. The lowest BCUT2D eigenvalue weighted by atomic mass is 9.91.